The van der Waals surface area contributed by atoms with Gasteiger partial charge in [0.2, 0.25) is 0 Å². The maximum Gasteiger partial charge on any atom is 0.336 e. The van der Waals surface area contributed by atoms with Gasteiger partial charge >= 0.3 is 11.6 Å². The Morgan fingerprint density at radius 3 is 2.58 bits per heavy atom. The van der Waals surface area contributed by atoms with Gasteiger partial charge in [0.1, 0.15) is 12.2 Å². The van der Waals surface area contributed by atoms with Gasteiger partial charge in [0.05, 0.1) is 5.92 Å². The van der Waals surface area contributed by atoms with Crippen LogP contribution in [0.4, 0.5) is 0 Å². The van der Waals surface area contributed by atoms with Gasteiger partial charge in [-0.05, 0) is 55.4 Å². The molecular weight excluding hydrogens is 304 g/mol. The molecule has 2 aliphatic rings. The number of ether oxygens (including phenoxy) is 1. The van der Waals surface area contributed by atoms with Crippen molar-refractivity contribution in [1.29, 1.82) is 0 Å². The van der Waals surface area contributed by atoms with Gasteiger partial charge in [-0.15, -0.1) is 0 Å². The second kappa shape index (κ2) is 6.42. The Morgan fingerprint density at radius 2 is 1.79 bits per heavy atom. The smallest absolute Gasteiger partial charge is 0.336 e. The number of rotatable bonds is 3. The van der Waals surface area contributed by atoms with E-state index in [-0.39, 0.29) is 24.1 Å². The lowest BCUT2D eigenvalue weighted by molar-refractivity contribution is -0.151. The standard InChI is InChI=1S/C20H22O4/c21-19-11-16(12-23-20(22)13-5-2-1-3-6-13)17-9-14-7-4-8-15(14)10-18(17)24-19/h9-11,13H,1-8,12H2. The SMILES string of the molecule is O=C(OCc1cc(=O)oc2cc3c(cc12)CCC3)C1CCCCC1. The molecule has 0 atom stereocenters. The highest BCUT2D eigenvalue weighted by Gasteiger charge is 2.23. The number of hydrogen-bond donors (Lipinski definition) is 0. The molecule has 0 unspecified atom stereocenters. The summed E-state index contributed by atoms with van der Waals surface area (Å²) >= 11 is 0. The fourth-order valence-electron chi connectivity index (χ4n) is 4.02. The summed E-state index contributed by atoms with van der Waals surface area (Å²) in [4.78, 5) is 24.1. The number of esters is 1. The Labute approximate surface area is 140 Å². The van der Waals surface area contributed by atoms with Gasteiger partial charge in [-0.2, -0.15) is 0 Å². The zero-order chi connectivity index (χ0) is 16.5. The first-order valence-electron chi connectivity index (χ1n) is 8.96. The Morgan fingerprint density at radius 1 is 1.04 bits per heavy atom. The highest BCUT2D eigenvalue weighted by Crippen LogP contribution is 2.29. The van der Waals surface area contributed by atoms with E-state index in [1.54, 1.807) is 0 Å². The van der Waals surface area contributed by atoms with Crippen LogP contribution in [0.25, 0.3) is 11.0 Å². The van der Waals surface area contributed by atoms with Crippen LogP contribution in [0.3, 0.4) is 0 Å². The average Bonchev–Trinajstić information content (AvgIpc) is 3.05. The van der Waals surface area contributed by atoms with Crippen molar-refractivity contribution < 1.29 is 13.9 Å². The van der Waals surface area contributed by atoms with E-state index in [2.05, 4.69) is 6.07 Å². The molecule has 126 valence electrons. The number of benzene rings is 1. The molecule has 0 bridgehead atoms. The van der Waals surface area contributed by atoms with Gasteiger partial charge in [-0.1, -0.05) is 19.3 Å². The van der Waals surface area contributed by atoms with Crippen molar-refractivity contribution in [3.8, 4) is 0 Å². The van der Waals surface area contributed by atoms with Crippen molar-refractivity contribution in [3.05, 3.63) is 45.3 Å². The maximum absolute atomic E-state index is 12.3. The number of carbonyl (C=O) groups excluding carboxylic acids is 1. The van der Waals surface area contributed by atoms with Crippen LogP contribution in [0.15, 0.2) is 27.4 Å². The summed E-state index contributed by atoms with van der Waals surface area (Å²) in [5.41, 5.74) is 3.55. The summed E-state index contributed by atoms with van der Waals surface area (Å²) < 4.78 is 10.9. The van der Waals surface area contributed by atoms with Crippen LogP contribution in [-0.2, 0) is 29.0 Å². The lowest BCUT2D eigenvalue weighted by atomic mass is 9.89. The van der Waals surface area contributed by atoms with Gasteiger partial charge in [-0.3, -0.25) is 4.79 Å². The van der Waals surface area contributed by atoms with Crippen LogP contribution in [0.5, 0.6) is 0 Å². The Kier molecular flexibility index (Phi) is 4.13. The molecule has 1 saturated carbocycles. The van der Waals surface area contributed by atoms with Crippen molar-refractivity contribution in [2.45, 2.75) is 58.0 Å². The van der Waals surface area contributed by atoms with Crippen molar-refractivity contribution in [2.24, 2.45) is 5.92 Å². The first-order valence-corrected chi connectivity index (χ1v) is 8.96. The molecule has 0 amide bonds. The molecule has 0 aliphatic heterocycles. The number of hydrogen-bond acceptors (Lipinski definition) is 4. The molecule has 0 saturated heterocycles. The second-order valence-electron chi connectivity index (χ2n) is 7.00. The van der Waals surface area contributed by atoms with E-state index in [0.717, 1.165) is 55.9 Å². The van der Waals surface area contributed by atoms with Crippen LogP contribution in [0, 0.1) is 5.92 Å². The minimum atomic E-state index is -0.385. The fraction of sp³-hybridized carbons (Fsp3) is 0.500. The summed E-state index contributed by atoms with van der Waals surface area (Å²) in [5.74, 6) is -0.105. The minimum absolute atomic E-state index is 0.0226. The molecule has 4 nitrogen and oxygen atoms in total. The average molecular weight is 326 g/mol. The van der Waals surface area contributed by atoms with Crippen LogP contribution < -0.4 is 5.63 Å². The molecule has 2 aromatic rings. The quantitative estimate of drug-likeness (QED) is 0.634. The normalized spacial score (nSPS) is 17.8. The molecule has 1 heterocycles. The van der Waals surface area contributed by atoms with Crippen molar-refractivity contribution >= 4 is 16.9 Å². The predicted octanol–water partition coefficient (Wildman–Crippen LogP) is 3.91. The molecule has 1 aromatic heterocycles. The van der Waals surface area contributed by atoms with Crippen LogP contribution in [0.2, 0.25) is 0 Å². The van der Waals surface area contributed by atoms with E-state index in [0.29, 0.717) is 5.58 Å². The Bertz CT molecular complexity index is 827. The summed E-state index contributed by atoms with van der Waals surface area (Å²) in [6, 6.07) is 5.54. The number of fused-ring (bicyclic) bond motifs is 2. The van der Waals surface area contributed by atoms with Gasteiger partial charge < -0.3 is 9.15 Å². The molecule has 4 heteroatoms. The predicted molar refractivity (Wildman–Crippen MR) is 90.9 cm³/mol. The molecule has 1 fully saturated rings. The van der Waals surface area contributed by atoms with Crippen LogP contribution >= 0.6 is 0 Å². The molecule has 1 aromatic carbocycles. The molecule has 2 aliphatic carbocycles. The van der Waals surface area contributed by atoms with Crippen molar-refractivity contribution in [1.82, 2.24) is 0 Å². The fourth-order valence-corrected chi connectivity index (χ4v) is 4.02. The van der Waals surface area contributed by atoms with E-state index in [4.69, 9.17) is 9.15 Å². The third-order valence-electron chi connectivity index (χ3n) is 5.35. The summed E-state index contributed by atoms with van der Waals surface area (Å²) in [6.45, 7) is 0.149. The molecular formula is C20H22O4. The Balaban J connectivity index is 1.59. The van der Waals surface area contributed by atoms with E-state index in [1.807, 2.05) is 6.07 Å². The Hall–Kier alpha value is -2.10. The molecule has 0 N–H and O–H groups in total. The van der Waals surface area contributed by atoms with Crippen LogP contribution in [0.1, 0.15) is 55.2 Å². The summed E-state index contributed by atoms with van der Waals surface area (Å²) in [7, 11) is 0. The molecule has 24 heavy (non-hydrogen) atoms. The summed E-state index contributed by atoms with van der Waals surface area (Å²) in [6.07, 6.45) is 8.49. The molecule has 0 radical (unpaired) electrons. The topological polar surface area (TPSA) is 56.5 Å². The third-order valence-corrected chi connectivity index (χ3v) is 5.35. The molecule has 0 spiro atoms. The zero-order valence-corrected chi connectivity index (χ0v) is 13.8. The lowest BCUT2D eigenvalue weighted by Gasteiger charge is -2.20. The monoisotopic (exact) mass is 326 g/mol. The first-order chi connectivity index (χ1) is 11.7. The molecule has 4 rings (SSSR count). The van der Waals surface area contributed by atoms with Gasteiger partial charge in [0.15, 0.2) is 0 Å². The summed E-state index contributed by atoms with van der Waals surface area (Å²) in [5, 5.41) is 0.895. The maximum atomic E-state index is 12.3. The van der Waals surface area contributed by atoms with E-state index in [1.165, 1.54) is 23.6 Å². The van der Waals surface area contributed by atoms with E-state index >= 15 is 0 Å². The highest BCUT2D eigenvalue weighted by molar-refractivity contribution is 5.82. The third kappa shape index (κ3) is 2.97. The number of aryl methyl sites for hydroxylation is 2. The van der Waals surface area contributed by atoms with E-state index < -0.39 is 0 Å². The van der Waals surface area contributed by atoms with Gasteiger partial charge in [0, 0.05) is 17.0 Å². The van der Waals surface area contributed by atoms with Gasteiger partial charge in [-0.25, -0.2) is 4.79 Å². The first kappa shape index (κ1) is 15.4. The van der Waals surface area contributed by atoms with Crippen molar-refractivity contribution in [3.63, 3.8) is 0 Å². The largest absolute Gasteiger partial charge is 0.461 e. The highest BCUT2D eigenvalue weighted by atomic mass is 16.5. The zero-order valence-electron chi connectivity index (χ0n) is 13.8. The van der Waals surface area contributed by atoms with Crippen molar-refractivity contribution in [2.75, 3.05) is 0 Å². The minimum Gasteiger partial charge on any atom is -0.461 e. The number of carbonyl (C=O) groups is 1. The second-order valence-corrected chi connectivity index (χ2v) is 7.00. The lowest BCUT2D eigenvalue weighted by Crippen LogP contribution is -2.20. The van der Waals surface area contributed by atoms with Crippen LogP contribution in [-0.4, -0.2) is 5.97 Å². The van der Waals surface area contributed by atoms with E-state index in [9.17, 15) is 9.59 Å². The van der Waals surface area contributed by atoms with Gasteiger partial charge in [0.25, 0.3) is 0 Å².